The van der Waals surface area contributed by atoms with Crippen molar-refractivity contribution in [1.82, 2.24) is 0 Å². The lowest BCUT2D eigenvalue weighted by Gasteiger charge is -2.23. The van der Waals surface area contributed by atoms with Gasteiger partial charge in [-0.15, -0.1) is 0 Å². The largest absolute Gasteiger partial charge is 0.507 e. The average molecular weight is 236 g/mol. The third-order valence-electron chi connectivity index (χ3n) is 3.39. The molecule has 2 N–H and O–H groups in total. The zero-order chi connectivity index (χ0) is 13.3. The number of phenols is 2. The van der Waals surface area contributed by atoms with Gasteiger partial charge in [-0.05, 0) is 30.7 Å². The molecule has 2 nitrogen and oxygen atoms in total. The summed E-state index contributed by atoms with van der Waals surface area (Å²) < 4.78 is 0. The van der Waals surface area contributed by atoms with Crippen LogP contribution in [0.1, 0.15) is 68.7 Å². The highest BCUT2D eigenvalue weighted by atomic mass is 16.3. The van der Waals surface area contributed by atoms with Crippen molar-refractivity contribution >= 4 is 0 Å². The molecule has 1 rings (SSSR count). The van der Waals surface area contributed by atoms with Gasteiger partial charge in [0.1, 0.15) is 11.5 Å². The minimum absolute atomic E-state index is 0.212. The summed E-state index contributed by atoms with van der Waals surface area (Å²) in [5.41, 5.74) is 3.49. The third kappa shape index (κ3) is 2.26. The number of rotatable bonds is 3. The predicted molar refractivity (Wildman–Crippen MR) is 72.1 cm³/mol. The number of benzene rings is 1. The van der Waals surface area contributed by atoms with E-state index in [0.29, 0.717) is 11.5 Å². The first-order valence-electron chi connectivity index (χ1n) is 6.39. The molecule has 0 aromatic heterocycles. The van der Waals surface area contributed by atoms with Gasteiger partial charge in [0, 0.05) is 16.7 Å². The Morgan fingerprint density at radius 3 is 1.71 bits per heavy atom. The summed E-state index contributed by atoms with van der Waals surface area (Å²) in [6, 6.07) is 0. The van der Waals surface area contributed by atoms with E-state index in [1.807, 2.05) is 41.5 Å². The summed E-state index contributed by atoms with van der Waals surface area (Å²) >= 11 is 0. The molecule has 17 heavy (non-hydrogen) atoms. The van der Waals surface area contributed by atoms with Crippen LogP contribution in [0, 0.1) is 6.92 Å². The zero-order valence-electron chi connectivity index (χ0n) is 11.8. The van der Waals surface area contributed by atoms with Crippen molar-refractivity contribution in [3.63, 3.8) is 0 Å². The van der Waals surface area contributed by atoms with Gasteiger partial charge < -0.3 is 10.2 Å². The molecule has 1 aromatic rings. The molecule has 96 valence electrons. The molecular weight excluding hydrogens is 212 g/mol. The van der Waals surface area contributed by atoms with E-state index in [1.54, 1.807) is 0 Å². The van der Waals surface area contributed by atoms with Crippen LogP contribution in [0.5, 0.6) is 11.5 Å². The Balaban J connectivity index is 3.69. The fraction of sp³-hybridized carbons (Fsp3) is 0.600. The lowest BCUT2D eigenvalue weighted by Crippen LogP contribution is -2.04. The number of aromatic hydroxyl groups is 2. The Bertz CT molecular complexity index is 418. The van der Waals surface area contributed by atoms with Gasteiger partial charge in [0.25, 0.3) is 0 Å². The molecule has 0 saturated carbocycles. The highest BCUT2D eigenvalue weighted by molar-refractivity contribution is 5.59. The van der Waals surface area contributed by atoms with Gasteiger partial charge >= 0.3 is 0 Å². The first-order chi connectivity index (χ1) is 7.82. The third-order valence-corrected chi connectivity index (χ3v) is 3.39. The van der Waals surface area contributed by atoms with Crippen LogP contribution in [0.4, 0.5) is 0 Å². The van der Waals surface area contributed by atoms with Crippen molar-refractivity contribution in [2.75, 3.05) is 0 Å². The van der Waals surface area contributed by atoms with E-state index in [-0.39, 0.29) is 11.8 Å². The summed E-state index contributed by atoms with van der Waals surface area (Å²) in [4.78, 5) is 0. The highest BCUT2D eigenvalue weighted by Crippen LogP contribution is 2.43. The molecule has 0 fully saturated rings. The predicted octanol–water partition coefficient (Wildman–Crippen LogP) is 4.22. The number of hydrogen-bond donors (Lipinski definition) is 2. The molecule has 0 saturated heterocycles. The molecule has 0 amide bonds. The number of phenolic OH excluding ortho intramolecular Hbond substituents is 2. The Kier molecular flexibility index (Phi) is 4.07. The van der Waals surface area contributed by atoms with Crippen LogP contribution < -0.4 is 0 Å². The van der Waals surface area contributed by atoms with Gasteiger partial charge in [0.15, 0.2) is 0 Å². The Labute approximate surface area is 104 Å². The van der Waals surface area contributed by atoms with E-state index in [1.165, 1.54) is 0 Å². The van der Waals surface area contributed by atoms with E-state index >= 15 is 0 Å². The van der Waals surface area contributed by atoms with E-state index in [4.69, 9.17) is 0 Å². The van der Waals surface area contributed by atoms with Crippen LogP contribution in [0.25, 0.3) is 0 Å². The zero-order valence-corrected chi connectivity index (χ0v) is 11.8. The molecule has 1 aromatic carbocycles. The SMILES string of the molecule is CCc1c(O)c(C)c(C(C)C)c(O)c1C(C)C. The van der Waals surface area contributed by atoms with Gasteiger partial charge in [-0.1, -0.05) is 34.6 Å². The molecule has 0 aliphatic rings. The second-order valence-electron chi connectivity index (χ2n) is 5.29. The first-order valence-corrected chi connectivity index (χ1v) is 6.39. The quantitative estimate of drug-likeness (QED) is 0.771. The normalized spacial score (nSPS) is 11.5. The van der Waals surface area contributed by atoms with Gasteiger partial charge in [-0.3, -0.25) is 0 Å². The monoisotopic (exact) mass is 236 g/mol. The maximum absolute atomic E-state index is 10.4. The van der Waals surface area contributed by atoms with Crippen LogP contribution in [0.15, 0.2) is 0 Å². The molecule has 2 heteroatoms. The van der Waals surface area contributed by atoms with Crippen LogP contribution in [0.3, 0.4) is 0 Å². The van der Waals surface area contributed by atoms with Crippen molar-refractivity contribution < 1.29 is 10.2 Å². The molecule has 0 bridgehead atoms. The fourth-order valence-electron chi connectivity index (χ4n) is 2.63. The second kappa shape index (κ2) is 4.99. The minimum atomic E-state index is 0.212. The Hall–Kier alpha value is -1.18. The Morgan fingerprint density at radius 2 is 1.35 bits per heavy atom. The molecule has 0 heterocycles. The lowest BCUT2D eigenvalue weighted by molar-refractivity contribution is 0.433. The van der Waals surface area contributed by atoms with Crippen molar-refractivity contribution in [2.24, 2.45) is 0 Å². The standard InChI is InChI=1S/C15H24O2/c1-7-11-13(9(4)5)15(17)12(8(2)3)10(6)14(11)16/h8-9,16-17H,7H2,1-6H3. The maximum Gasteiger partial charge on any atom is 0.123 e. The van der Waals surface area contributed by atoms with Crippen LogP contribution in [-0.2, 0) is 6.42 Å². The van der Waals surface area contributed by atoms with Crippen molar-refractivity contribution in [3.05, 3.63) is 22.3 Å². The Morgan fingerprint density at radius 1 is 0.882 bits per heavy atom. The van der Waals surface area contributed by atoms with E-state index in [2.05, 4.69) is 0 Å². The van der Waals surface area contributed by atoms with Gasteiger partial charge in [-0.25, -0.2) is 0 Å². The van der Waals surface area contributed by atoms with E-state index in [9.17, 15) is 10.2 Å². The molecular formula is C15H24O2. The summed E-state index contributed by atoms with van der Waals surface area (Å²) in [5, 5.41) is 20.7. The van der Waals surface area contributed by atoms with E-state index in [0.717, 1.165) is 28.7 Å². The lowest BCUT2D eigenvalue weighted by atomic mass is 9.85. The smallest absolute Gasteiger partial charge is 0.123 e. The van der Waals surface area contributed by atoms with Crippen molar-refractivity contribution in [3.8, 4) is 11.5 Å². The van der Waals surface area contributed by atoms with Crippen molar-refractivity contribution in [1.29, 1.82) is 0 Å². The molecule has 0 aliphatic heterocycles. The molecule has 0 atom stereocenters. The van der Waals surface area contributed by atoms with Gasteiger partial charge in [0.05, 0.1) is 0 Å². The fourth-order valence-corrected chi connectivity index (χ4v) is 2.63. The first kappa shape index (κ1) is 13.9. The average Bonchev–Trinajstić information content (AvgIpc) is 2.21. The summed E-state index contributed by atoms with van der Waals surface area (Å²) in [6.07, 6.45) is 0.742. The summed E-state index contributed by atoms with van der Waals surface area (Å²) in [6.45, 7) is 12.1. The molecule has 0 radical (unpaired) electrons. The van der Waals surface area contributed by atoms with Crippen LogP contribution in [-0.4, -0.2) is 10.2 Å². The number of hydrogen-bond acceptors (Lipinski definition) is 2. The molecule has 0 spiro atoms. The molecule has 0 aliphatic carbocycles. The highest BCUT2D eigenvalue weighted by Gasteiger charge is 2.23. The maximum atomic E-state index is 10.4. The molecule has 0 unspecified atom stereocenters. The topological polar surface area (TPSA) is 40.5 Å². The summed E-state index contributed by atoms with van der Waals surface area (Å²) in [7, 11) is 0. The van der Waals surface area contributed by atoms with Gasteiger partial charge in [0.2, 0.25) is 0 Å². The van der Waals surface area contributed by atoms with Crippen molar-refractivity contribution in [2.45, 2.75) is 59.8 Å². The van der Waals surface area contributed by atoms with Crippen LogP contribution >= 0.6 is 0 Å². The minimum Gasteiger partial charge on any atom is -0.507 e. The van der Waals surface area contributed by atoms with E-state index < -0.39 is 0 Å². The summed E-state index contributed by atoms with van der Waals surface area (Å²) in [5.74, 6) is 1.16. The van der Waals surface area contributed by atoms with Gasteiger partial charge in [-0.2, -0.15) is 0 Å². The second-order valence-corrected chi connectivity index (χ2v) is 5.29. The van der Waals surface area contributed by atoms with Crippen LogP contribution in [0.2, 0.25) is 0 Å².